The van der Waals surface area contributed by atoms with E-state index in [1.165, 1.54) is 24.1 Å². The second-order valence-electron chi connectivity index (χ2n) is 5.90. The number of nitrogens with zero attached hydrogens (tertiary/aromatic N) is 2. The molecule has 21 heavy (non-hydrogen) atoms. The van der Waals surface area contributed by atoms with E-state index in [0.717, 1.165) is 37.2 Å². The predicted octanol–water partition coefficient (Wildman–Crippen LogP) is 1.50. The number of aryl methyl sites for hydroxylation is 2. The van der Waals surface area contributed by atoms with Gasteiger partial charge in [0.05, 0.1) is 0 Å². The highest BCUT2D eigenvalue weighted by Gasteiger charge is 2.23. The van der Waals surface area contributed by atoms with E-state index in [2.05, 4.69) is 22.2 Å². The molecule has 1 atom stereocenters. The van der Waals surface area contributed by atoms with Crippen molar-refractivity contribution >= 4 is 5.91 Å². The van der Waals surface area contributed by atoms with Gasteiger partial charge in [-0.1, -0.05) is 0 Å². The van der Waals surface area contributed by atoms with Gasteiger partial charge in [0, 0.05) is 31.0 Å². The van der Waals surface area contributed by atoms with Gasteiger partial charge in [-0.2, -0.15) is 0 Å². The van der Waals surface area contributed by atoms with E-state index in [1.807, 2.05) is 0 Å². The number of hydrogen-bond acceptors (Lipinski definition) is 4. The summed E-state index contributed by atoms with van der Waals surface area (Å²) in [5, 5.41) is 2.93. The third-order valence-corrected chi connectivity index (χ3v) is 4.31. The number of rotatable bonds is 4. The van der Waals surface area contributed by atoms with Crippen LogP contribution in [0.25, 0.3) is 0 Å². The van der Waals surface area contributed by atoms with Crippen molar-refractivity contribution in [2.75, 3.05) is 13.2 Å². The molecule has 0 saturated carbocycles. The fraction of sp³-hybridized carbons (Fsp3) is 0.688. The number of carbonyl (C=O) groups is 1. The SMILES string of the molecule is Cc1nc(CCNC(=O)[C@@H]2CCCO2)nc2c1CCCC2. The largest absolute Gasteiger partial charge is 0.368 e. The third kappa shape index (κ3) is 3.40. The third-order valence-electron chi connectivity index (χ3n) is 4.31. The molecule has 1 aliphatic heterocycles. The molecule has 2 aliphatic rings. The van der Waals surface area contributed by atoms with Gasteiger partial charge in [0.1, 0.15) is 11.9 Å². The van der Waals surface area contributed by atoms with Crippen LogP contribution >= 0.6 is 0 Å². The summed E-state index contributed by atoms with van der Waals surface area (Å²) in [5.74, 6) is 0.850. The Morgan fingerprint density at radius 2 is 2.14 bits per heavy atom. The van der Waals surface area contributed by atoms with Crippen LogP contribution in [0.1, 0.15) is 48.5 Å². The van der Waals surface area contributed by atoms with E-state index in [1.54, 1.807) is 0 Å². The highest BCUT2D eigenvalue weighted by atomic mass is 16.5. The summed E-state index contributed by atoms with van der Waals surface area (Å²) in [7, 11) is 0. The van der Waals surface area contributed by atoms with Crippen molar-refractivity contribution < 1.29 is 9.53 Å². The molecule has 5 heteroatoms. The Balaban J connectivity index is 1.55. The maximum absolute atomic E-state index is 11.9. The van der Waals surface area contributed by atoms with Gasteiger partial charge >= 0.3 is 0 Å². The first-order chi connectivity index (χ1) is 10.2. The van der Waals surface area contributed by atoms with E-state index in [4.69, 9.17) is 4.74 Å². The summed E-state index contributed by atoms with van der Waals surface area (Å²) in [6.45, 7) is 3.35. The molecule has 1 N–H and O–H groups in total. The van der Waals surface area contributed by atoms with Gasteiger partial charge < -0.3 is 10.1 Å². The van der Waals surface area contributed by atoms with E-state index >= 15 is 0 Å². The number of nitrogens with one attached hydrogen (secondary N) is 1. The monoisotopic (exact) mass is 289 g/mol. The quantitative estimate of drug-likeness (QED) is 0.912. The summed E-state index contributed by atoms with van der Waals surface area (Å²) in [4.78, 5) is 21.1. The first kappa shape index (κ1) is 14.4. The second kappa shape index (κ2) is 6.52. The molecular weight excluding hydrogens is 266 g/mol. The topological polar surface area (TPSA) is 64.1 Å². The normalized spacial score (nSPS) is 21.1. The molecule has 3 rings (SSSR count). The van der Waals surface area contributed by atoms with Crippen LogP contribution < -0.4 is 5.32 Å². The molecular formula is C16H23N3O2. The molecule has 0 unspecified atom stereocenters. The lowest BCUT2D eigenvalue weighted by molar-refractivity contribution is -0.129. The zero-order valence-corrected chi connectivity index (χ0v) is 12.7. The standard InChI is InChI=1S/C16H23N3O2/c1-11-12-5-2-3-6-13(12)19-15(18-11)8-9-17-16(20)14-7-4-10-21-14/h14H,2-10H2,1H3,(H,17,20)/t14-/m0/s1. The molecule has 1 amide bonds. The van der Waals surface area contributed by atoms with Crippen molar-refractivity contribution in [3.63, 3.8) is 0 Å². The van der Waals surface area contributed by atoms with Crippen LogP contribution in [-0.4, -0.2) is 35.1 Å². The molecule has 0 spiro atoms. The van der Waals surface area contributed by atoms with Gasteiger partial charge in [0.15, 0.2) is 0 Å². The van der Waals surface area contributed by atoms with Crippen molar-refractivity contribution in [2.24, 2.45) is 0 Å². The van der Waals surface area contributed by atoms with Gasteiger partial charge in [0.2, 0.25) is 5.91 Å². The zero-order chi connectivity index (χ0) is 14.7. The van der Waals surface area contributed by atoms with Crippen molar-refractivity contribution in [3.05, 3.63) is 22.8 Å². The minimum Gasteiger partial charge on any atom is -0.368 e. The van der Waals surface area contributed by atoms with Crippen LogP contribution in [0.4, 0.5) is 0 Å². The summed E-state index contributed by atoms with van der Waals surface area (Å²) in [5.41, 5.74) is 3.67. The average molecular weight is 289 g/mol. The Kier molecular flexibility index (Phi) is 4.48. The first-order valence-electron chi connectivity index (χ1n) is 7.98. The van der Waals surface area contributed by atoms with Crippen LogP contribution in [0.5, 0.6) is 0 Å². The zero-order valence-electron chi connectivity index (χ0n) is 12.7. The number of carbonyl (C=O) groups excluding carboxylic acids is 1. The minimum atomic E-state index is -0.254. The van der Waals surface area contributed by atoms with E-state index < -0.39 is 0 Å². The van der Waals surface area contributed by atoms with Gasteiger partial charge in [-0.3, -0.25) is 4.79 Å². The summed E-state index contributed by atoms with van der Waals surface area (Å²) >= 11 is 0. The van der Waals surface area contributed by atoms with Gasteiger partial charge in [0.25, 0.3) is 0 Å². The molecule has 0 radical (unpaired) electrons. The smallest absolute Gasteiger partial charge is 0.249 e. The highest BCUT2D eigenvalue weighted by Crippen LogP contribution is 2.21. The maximum atomic E-state index is 11.9. The van der Waals surface area contributed by atoms with Gasteiger partial charge in [-0.05, 0) is 51.0 Å². The number of amides is 1. The Labute approximate surface area is 125 Å². The van der Waals surface area contributed by atoms with Crippen molar-refractivity contribution in [1.29, 1.82) is 0 Å². The molecule has 5 nitrogen and oxygen atoms in total. The molecule has 1 fully saturated rings. The van der Waals surface area contributed by atoms with Crippen molar-refractivity contribution in [2.45, 2.75) is 58.0 Å². The molecule has 1 aromatic rings. The Morgan fingerprint density at radius 1 is 1.29 bits per heavy atom. The number of aromatic nitrogens is 2. The summed E-state index contributed by atoms with van der Waals surface area (Å²) in [6.07, 6.45) is 6.88. The minimum absolute atomic E-state index is 0.00202. The molecule has 0 bridgehead atoms. The lowest BCUT2D eigenvalue weighted by atomic mass is 9.95. The molecule has 1 aliphatic carbocycles. The number of hydrogen-bond donors (Lipinski definition) is 1. The first-order valence-corrected chi connectivity index (χ1v) is 7.98. The van der Waals surface area contributed by atoms with Crippen LogP contribution in [0.15, 0.2) is 0 Å². The Hall–Kier alpha value is -1.49. The van der Waals surface area contributed by atoms with E-state index in [9.17, 15) is 4.79 Å². The molecule has 2 heterocycles. The van der Waals surface area contributed by atoms with Crippen LogP contribution in [0.3, 0.4) is 0 Å². The van der Waals surface area contributed by atoms with Crippen molar-refractivity contribution in [3.8, 4) is 0 Å². The van der Waals surface area contributed by atoms with Crippen molar-refractivity contribution in [1.82, 2.24) is 15.3 Å². The second-order valence-corrected chi connectivity index (χ2v) is 5.90. The molecule has 114 valence electrons. The Bertz CT molecular complexity index is 524. The van der Waals surface area contributed by atoms with E-state index in [-0.39, 0.29) is 12.0 Å². The maximum Gasteiger partial charge on any atom is 0.249 e. The fourth-order valence-corrected chi connectivity index (χ4v) is 3.15. The van der Waals surface area contributed by atoms with Gasteiger partial charge in [-0.15, -0.1) is 0 Å². The Morgan fingerprint density at radius 3 is 2.95 bits per heavy atom. The molecule has 1 saturated heterocycles. The predicted molar refractivity (Wildman–Crippen MR) is 79.1 cm³/mol. The van der Waals surface area contributed by atoms with Crippen LogP contribution in [0.2, 0.25) is 0 Å². The van der Waals surface area contributed by atoms with Crippen LogP contribution in [-0.2, 0) is 28.8 Å². The fourth-order valence-electron chi connectivity index (χ4n) is 3.15. The average Bonchev–Trinajstić information content (AvgIpc) is 3.01. The number of fused-ring (bicyclic) bond motifs is 1. The van der Waals surface area contributed by atoms with Gasteiger partial charge in [-0.25, -0.2) is 9.97 Å². The van der Waals surface area contributed by atoms with Crippen LogP contribution in [0, 0.1) is 6.92 Å². The molecule has 1 aromatic heterocycles. The summed E-state index contributed by atoms with van der Waals surface area (Å²) < 4.78 is 5.37. The summed E-state index contributed by atoms with van der Waals surface area (Å²) in [6, 6.07) is 0. The number of ether oxygens (including phenoxy) is 1. The molecule has 0 aromatic carbocycles. The van der Waals surface area contributed by atoms with E-state index in [0.29, 0.717) is 19.6 Å². The highest BCUT2D eigenvalue weighted by molar-refractivity contribution is 5.80. The lowest BCUT2D eigenvalue weighted by Gasteiger charge is -2.17. The lowest BCUT2D eigenvalue weighted by Crippen LogP contribution is -2.35.